The molecule has 0 spiro atoms. The van der Waals surface area contributed by atoms with E-state index in [9.17, 15) is 15.0 Å². The van der Waals surface area contributed by atoms with Crippen molar-refractivity contribution in [3.8, 4) is 0 Å². The largest absolute Gasteiger partial charge is 0.463 e. The Hall–Kier alpha value is -2.23. The van der Waals surface area contributed by atoms with Crippen molar-refractivity contribution in [1.29, 1.82) is 0 Å². The molecule has 3 rings (SSSR count). The number of nitrogens with zero attached hydrogens (tertiary/aromatic N) is 3. The summed E-state index contributed by atoms with van der Waals surface area (Å²) in [6.45, 7) is 3.39. The number of nitrogen functional groups attached to an aromatic ring is 1. The van der Waals surface area contributed by atoms with Crippen LogP contribution < -0.4 is 5.73 Å². The van der Waals surface area contributed by atoms with Gasteiger partial charge in [0.25, 0.3) is 0 Å². The molecule has 3 heterocycles. The molecule has 0 bridgehead atoms. The summed E-state index contributed by atoms with van der Waals surface area (Å²) in [5.74, 6) is -0.0713. The molecular formula is C16H22N4O5. The first kappa shape index (κ1) is 17.6. The van der Waals surface area contributed by atoms with Crippen LogP contribution in [0.25, 0.3) is 5.52 Å². The molecule has 0 aromatic carbocycles. The third-order valence-electron chi connectivity index (χ3n) is 4.52. The Bertz CT molecular complexity index is 779. The molecule has 2 aromatic rings. The van der Waals surface area contributed by atoms with E-state index in [0.717, 1.165) is 0 Å². The Morgan fingerprint density at radius 1 is 1.48 bits per heavy atom. The second kappa shape index (κ2) is 6.58. The normalized spacial score (nSPS) is 29.2. The molecule has 1 fully saturated rings. The number of aromatic nitrogens is 3. The quantitative estimate of drug-likeness (QED) is 0.642. The lowest BCUT2D eigenvalue weighted by Crippen LogP contribution is -2.39. The van der Waals surface area contributed by atoms with Crippen LogP contribution in [0.2, 0.25) is 0 Å². The first-order chi connectivity index (χ1) is 11.9. The van der Waals surface area contributed by atoms with Crippen molar-refractivity contribution < 1.29 is 24.5 Å². The van der Waals surface area contributed by atoms with Crippen molar-refractivity contribution in [2.75, 3.05) is 12.3 Å². The summed E-state index contributed by atoms with van der Waals surface area (Å²) in [4.78, 5) is 15.5. The standard InChI is InChI=1S/C16H22N4O5/c1-3-4-12(21)24-7-10-13(22)14(23)16(2,25-10)11-6-5-9-15(17)18-8-19-20(9)11/h5-6,8,10,13-14,22-23H,3-4,7H2,1-2H3,(H2,17,18,19)/t10-,13-,14-,16+/m1/s1. The lowest BCUT2D eigenvalue weighted by molar-refractivity contribution is -0.152. The van der Waals surface area contributed by atoms with Crippen LogP contribution in [0.15, 0.2) is 18.5 Å². The molecule has 2 aromatic heterocycles. The van der Waals surface area contributed by atoms with Crippen molar-refractivity contribution in [3.05, 3.63) is 24.2 Å². The molecule has 1 saturated heterocycles. The zero-order valence-electron chi connectivity index (χ0n) is 14.1. The van der Waals surface area contributed by atoms with Gasteiger partial charge in [0.05, 0.1) is 5.69 Å². The summed E-state index contributed by atoms with van der Waals surface area (Å²) in [6.07, 6.45) is -1.00. The van der Waals surface area contributed by atoms with E-state index in [-0.39, 0.29) is 12.6 Å². The van der Waals surface area contributed by atoms with Crippen LogP contribution in [-0.2, 0) is 19.9 Å². The van der Waals surface area contributed by atoms with Gasteiger partial charge in [0.1, 0.15) is 42.4 Å². The molecule has 9 heteroatoms. The predicted molar refractivity (Wildman–Crippen MR) is 87.5 cm³/mol. The number of rotatable bonds is 5. The van der Waals surface area contributed by atoms with E-state index >= 15 is 0 Å². The van der Waals surface area contributed by atoms with Gasteiger partial charge in [-0.25, -0.2) is 9.50 Å². The van der Waals surface area contributed by atoms with Crippen molar-refractivity contribution in [1.82, 2.24) is 14.6 Å². The average Bonchev–Trinajstić information content (AvgIpc) is 3.11. The number of nitrogens with two attached hydrogens (primary N) is 1. The van der Waals surface area contributed by atoms with Crippen molar-refractivity contribution in [2.24, 2.45) is 0 Å². The summed E-state index contributed by atoms with van der Waals surface area (Å²) in [5, 5.41) is 25.0. The molecule has 1 aliphatic rings. The van der Waals surface area contributed by atoms with Gasteiger partial charge >= 0.3 is 5.97 Å². The fraction of sp³-hybridized carbons (Fsp3) is 0.562. The zero-order chi connectivity index (χ0) is 18.2. The fourth-order valence-corrected chi connectivity index (χ4v) is 3.11. The number of aliphatic hydroxyl groups excluding tert-OH is 2. The Kier molecular flexibility index (Phi) is 4.63. The highest BCUT2D eigenvalue weighted by molar-refractivity contribution is 5.69. The highest BCUT2D eigenvalue weighted by atomic mass is 16.6. The number of hydrogen-bond acceptors (Lipinski definition) is 8. The monoisotopic (exact) mass is 350 g/mol. The molecular weight excluding hydrogens is 328 g/mol. The smallest absolute Gasteiger partial charge is 0.305 e. The van der Waals surface area contributed by atoms with Crippen LogP contribution in [0.3, 0.4) is 0 Å². The molecule has 0 saturated carbocycles. The van der Waals surface area contributed by atoms with Crippen molar-refractivity contribution in [2.45, 2.75) is 50.6 Å². The number of esters is 1. The number of anilines is 1. The second-order valence-electron chi connectivity index (χ2n) is 6.29. The molecule has 0 aliphatic carbocycles. The van der Waals surface area contributed by atoms with Gasteiger partial charge in [0.2, 0.25) is 0 Å². The van der Waals surface area contributed by atoms with Crippen LogP contribution in [0.4, 0.5) is 5.82 Å². The Morgan fingerprint density at radius 2 is 2.24 bits per heavy atom. The minimum absolute atomic E-state index is 0.132. The van der Waals surface area contributed by atoms with Gasteiger partial charge in [-0.15, -0.1) is 0 Å². The van der Waals surface area contributed by atoms with E-state index in [1.165, 1.54) is 10.8 Å². The minimum Gasteiger partial charge on any atom is -0.463 e. The SMILES string of the molecule is CCCC(=O)OC[C@H]1O[C@@](C)(c2ccc3c(N)ncnn23)[C@H](O)[C@@H]1O. The number of carbonyl (C=O) groups is 1. The van der Waals surface area contributed by atoms with Crippen molar-refractivity contribution >= 4 is 17.3 Å². The van der Waals surface area contributed by atoms with E-state index in [0.29, 0.717) is 29.9 Å². The summed E-state index contributed by atoms with van der Waals surface area (Å²) in [5.41, 5.74) is 5.68. The average molecular weight is 350 g/mol. The van der Waals surface area contributed by atoms with Crippen LogP contribution in [-0.4, -0.2) is 55.7 Å². The lowest BCUT2D eigenvalue weighted by Gasteiger charge is -2.27. The molecule has 9 nitrogen and oxygen atoms in total. The van der Waals surface area contributed by atoms with Gasteiger partial charge in [-0.05, 0) is 25.5 Å². The van der Waals surface area contributed by atoms with E-state index in [4.69, 9.17) is 15.2 Å². The molecule has 0 amide bonds. The maximum Gasteiger partial charge on any atom is 0.305 e. The summed E-state index contributed by atoms with van der Waals surface area (Å²) in [7, 11) is 0. The summed E-state index contributed by atoms with van der Waals surface area (Å²) < 4.78 is 12.5. The van der Waals surface area contributed by atoms with E-state index < -0.39 is 23.9 Å². The van der Waals surface area contributed by atoms with Crippen LogP contribution in [0.1, 0.15) is 32.4 Å². The number of hydrogen-bond donors (Lipinski definition) is 3. The van der Waals surface area contributed by atoms with Gasteiger partial charge in [-0.2, -0.15) is 5.10 Å². The molecule has 0 radical (unpaired) electrons. The van der Waals surface area contributed by atoms with E-state index in [1.807, 2.05) is 6.92 Å². The molecule has 25 heavy (non-hydrogen) atoms. The number of fused-ring (bicyclic) bond motifs is 1. The number of carbonyl (C=O) groups excluding carboxylic acids is 1. The Morgan fingerprint density at radius 3 is 2.96 bits per heavy atom. The van der Waals surface area contributed by atoms with Crippen molar-refractivity contribution in [3.63, 3.8) is 0 Å². The molecule has 0 unspecified atom stereocenters. The third kappa shape index (κ3) is 2.94. The first-order valence-electron chi connectivity index (χ1n) is 8.16. The fourth-order valence-electron chi connectivity index (χ4n) is 3.11. The van der Waals surface area contributed by atoms with E-state index in [1.54, 1.807) is 19.1 Å². The highest BCUT2D eigenvalue weighted by Crippen LogP contribution is 2.40. The highest BCUT2D eigenvalue weighted by Gasteiger charge is 2.53. The summed E-state index contributed by atoms with van der Waals surface area (Å²) >= 11 is 0. The lowest BCUT2D eigenvalue weighted by atomic mass is 9.93. The summed E-state index contributed by atoms with van der Waals surface area (Å²) in [6, 6.07) is 3.43. The van der Waals surface area contributed by atoms with Gasteiger partial charge in [-0.3, -0.25) is 4.79 Å². The van der Waals surface area contributed by atoms with Gasteiger partial charge in [-0.1, -0.05) is 6.92 Å². The predicted octanol–water partition coefficient (Wildman–Crippen LogP) is -0.00940. The maximum absolute atomic E-state index is 11.5. The zero-order valence-corrected chi connectivity index (χ0v) is 14.1. The second-order valence-corrected chi connectivity index (χ2v) is 6.29. The molecule has 4 N–H and O–H groups in total. The first-order valence-corrected chi connectivity index (χ1v) is 8.16. The van der Waals surface area contributed by atoms with Gasteiger partial charge in [0.15, 0.2) is 5.82 Å². The number of ether oxygens (including phenoxy) is 2. The van der Waals surface area contributed by atoms with Crippen LogP contribution >= 0.6 is 0 Å². The van der Waals surface area contributed by atoms with E-state index in [2.05, 4.69) is 10.1 Å². The maximum atomic E-state index is 11.5. The third-order valence-corrected chi connectivity index (χ3v) is 4.52. The van der Waals surface area contributed by atoms with Crippen LogP contribution in [0, 0.1) is 0 Å². The van der Waals surface area contributed by atoms with Gasteiger partial charge in [0, 0.05) is 6.42 Å². The Labute approximate surface area is 144 Å². The molecule has 1 aliphatic heterocycles. The van der Waals surface area contributed by atoms with Crippen LogP contribution in [0.5, 0.6) is 0 Å². The molecule has 136 valence electrons. The minimum atomic E-state index is -1.24. The molecule has 4 atom stereocenters. The number of aliphatic hydroxyl groups is 2. The Balaban J connectivity index is 1.85. The van der Waals surface area contributed by atoms with Gasteiger partial charge < -0.3 is 25.4 Å². The topological polar surface area (TPSA) is 132 Å².